The van der Waals surface area contributed by atoms with E-state index < -0.39 is 6.61 Å². The van der Waals surface area contributed by atoms with E-state index in [0.717, 1.165) is 5.69 Å². The predicted molar refractivity (Wildman–Crippen MR) is 75.1 cm³/mol. The average molecular weight is 302 g/mol. The van der Waals surface area contributed by atoms with Crippen molar-refractivity contribution in [3.8, 4) is 11.8 Å². The van der Waals surface area contributed by atoms with Gasteiger partial charge < -0.3 is 30.5 Å². The molecule has 8 nitrogen and oxygen atoms in total. The Hall–Kier alpha value is -1.76. The van der Waals surface area contributed by atoms with Crippen molar-refractivity contribution in [1.29, 1.82) is 0 Å². The number of ketones is 1. The van der Waals surface area contributed by atoms with Crippen LogP contribution >= 0.6 is 0 Å². The molecule has 0 aromatic carbocycles. The summed E-state index contributed by atoms with van der Waals surface area (Å²) in [6.07, 6.45) is 4.04. The number of aromatic nitrogens is 2. The molecular formula is C13H22N2O6. The maximum atomic E-state index is 10.0. The maximum Gasteiger partial charge on any atom is 0.160 e. The molecule has 0 aliphatic rings. The fourth-order valence-electron chi connectivity index (χ4n) is 0.857. The Morgan fingerprint density at radius 2 is 1.71 bits per heavy atom. The van der Waals surface area contributed by atoms with Gasteiger partial charge in [-0.05, 0) is 0 Å². The minimum absolute atomic E-state index is 0.0660. The molecule has 0 bridgehead atoms. The second kappa shape index (κ2) is 18.2. The minimum atomic E-state index is -0.458. The summed E-state index contributed by atoms with van der Waals surface area (Å²) in [7, 11) is 0. The molecule has 0 amide bonds. The van der Waals surface area contributed by atoms with Crippen LogP contribution in [0.3, 0.4) is 0 Å². The maximum absolute atomic E-state index is 10.0. The lowest BCUT2D eigenvalue weighted by Gasteiger charge is -1.86. The van der Waals surface area contributed by atoms with Gasteiger partial charge in [0.15, 0.2) is 5.78 Å². The number of nitrogens with one attached hydrogen (secondary N) is 1. The van der Waals surface area contributed by atoms with Gasteiger partial charge in [-0.3, -0.25) is 4.79 Å². The van der Waals surface area contributed by atoms with Crippen molar-refractivity contribution < 1.29 is 30.3 Å². The summed E-state index contributed by atoms with van der Waals surface area (Å²) >= 11 is 0. The quantitative estimate of drug-likeness (QED) is 0.340. The highest BCUT2D eigenvalue weighted by atomic mass is 16.3. The van der Waals surface area contributed by atoms with Crippen molar-refractivity contribution in [2.45, 2.75) is 12.8 Å². The molecule has 0 unspecified atom stereocenters. The molecule has 0 saturated heterocycles. The van der Waals surface area contributed by atoms with Crippen LogP contribution in [0.4, 0.5) is 0 Å². The molecule has 0 radical (unpaired) electrons. The standard InChI is InChI=1S/C5H8N2O.C4H8O3.C4H6O2/c8-2-1-5-3-6-4-7-5;5-2-1-4(7)3-6;5-3-1-2-4-6/h3-4,8H,1-2H2,(H,6,7);5-6H,1-3H2;5-6H,3-4H2. The van der Waals surface area contributed by atoms with Crippen molar-refractivity contribution in [3.63, 3.8) is 0 Å². The van der Waals surface area contributed by atoms with E-state index in [-0.39, 0.29) is 38.6 Å². The van der Waals surface area contributed by atoms with E-state index in [1.807, 2.05) is 0 Å². The number of hydrogen-bond acceptors (Lipinski definition) is 7. The number of Topliss-reactive ketones (excluding diaryl/α,β-unsaturated/α-hetero) is 1. The van der Waals surface area contributed by atoms with Crippen LogP contribution in [0.5, 0.6) is 0 Å². The van der Waals surface area contributed by atoms with Gasteiger partial charge in [0.1, 0.15) is 19.8 Å². The topological polar surface area (TPSA) is 147 Å². The zero-order valence-electron chi connectivity index (χ0n) is 11.7. The molecule has 1 rings (SSSR count). The fraction of sp³-hybridized carbons (Fsp3) is 0.538. The predicted octanol–water partition coefficient (Wildman–Crippen LogP) is -2.15. The second-order valence-corrected chi connectivity index (χ2v) is 3.39. The summed E-state index contributed by atoms with van der Waals surface area (Å²) in [6.45, 7) is -0.775. The number of aliphatic hydroxyl groups is 5. The normalized spacial score (nSPS) is 8.43. The van der Waals surface area contributed by atoms with Crippen LogP contribution in [0.15, 0.2) is 12.5 Å². The number of imidazole rings is 1. The number of carbonyl (C=O) groups is 1. The van der Waals surface area contributed by atoms with E-state index in [0.29, 0.717) is 6.42 Å². The summed E-state index contributed by atoms with van der Waals surface area (Å²) in [4.78, 5) is 16.6. The van der Waals surface area contributed by atoms with Crippen molar-refractivity contribution in [2.75, 3.05) is 33.0 Å². The molecule has 1 aromatic heterocycles. The first-order valence-corrected chi connectivity index (χ1v) is 6.15. The first-order chi connectivity index (χ1) is 10.2. The fourth-order valence-corrected chi connectivity index (χ4v) is 0.857. The van der Waals surface area contributed by atoms with Gasteiger partial charge in [0.25, 0.3) is 0 Å². The van der Waals surface area contributed by atoms with Gasteiger partial charge in [0, 0.05) is 31.3 Å². The third kappa shape index (κ3) is 18.2. The van der Waals surface area contributed by atoms with Crippen LogP contribution < -0.4 is 0 Å². The van der Waals surface area contributed by atoms with E-state index in [1.54, 1.807) is 12.5 Å². The molecule has 0 atom stereocenters. The van der Waals surface area contributed by atoms with Crippen LogP contribution in [0.25, 0.3) is 0 Å². The number of hydrogen-bond donors (Lipinski definition) is 6. The Morgan fingerprint density at radius 3 is 2.00 bits per heavy atom. The molecular weight excluding hydrogens is 280 g/mol. The third-order valence-corrected chi connectivity index (χ3v) is 1.79. The molecule has 21 heavy (non-hydrogen) atoms. The van der Waals surface area contributed by atoms with Crippen LogP contribution in [-0.4, -0.2) is 74.3 Å². The molecule has 0 saturated carbocycles. The van der Waals surface area contributed by atoms with E-state index in [2.05, 4.69) is 21.8 Å². The Balaban J connectivity index is 0. The SMILES string of the molecule is O=C(CO)CCO.OCC#CCO.OCCc1cnc[nH]1. The summed E-state index contributed by atoms with van der Waals surface area (Å²) in [5.74, 6) is 4.19. The Labute approximate surface area is 123 Å². The number of nitrogens with zero attached hydrogens (tertiary/aromatic N) is 1. The van der Waals surface area contributed by atoms with Crippen molar-refractivity contribution in [3.05, 3.63) is 18.2 Å². The number of H-pyrrole nitrogens is 1. The highest BCUT2D eigenvalue weighted by Crippen LogP contribution is 1.89. The summed E-state index contributed by atoms with van der Waals surface area (Å²) < 4.78 is 0. The monoisotopic (exact) mass is 302 g/mol. The van der Waals surface area contributed by atoms with E-state index in [4.69, 9.17) is 25.5 Å². The Bertz CT molecular complexity index is 375. The third-order valence-electron chi connectivity index (χ3n) is 1.79. The molecule has 120 valence electrons. The zero-order chi connectivity index (χ0) is 16.3. The van der Waals surface area contributed by atoms with Crippen LogP contribution in [0.1, 0.15) is 12.1 Å². The molecule has 1 aromatic rings. The van der Waals surface area contributed by atoms with Gasteiger partial charge in [-0.25, -0.2) is 4.98 Å². The highest BCUT2D eigenvalue weighted by molar-refractivity contribution is 5.79. The van der Waals surface area contributed by atoms with Crippen LogP contribution in [-0.2, 0) is 11.2 Å². The van der Waals surface area contributed by atoms with Gasteiger partial charge in [-0.15, -0.1) is 0 Å². The van der Waals surface area contributed by atoms with Crippen molar-refractivity contribution in [1.82, 2.24) is 9.97 Å². The molecule has 1 heterocycles. The van der Waals surface area contributed by atoms with Gasteiger partial charge in [0.2, 0.25) is 0 Å². The number of rotatable bonds is 5. The zero-order valence-corrected chi connectivity index (χ0v) is 11.7. The number of aromatic amines is 1. The molecule has 0 aliphatic carbocycles. The van der Waals surface area contributed by atoms with E-state index in [1.165, 1.54) is 0 Å². The second-order valence-electron chi connectivity index (χ2n) is 3.39. The Morgan fingerprint density at radius 1 is 1.10 bits per heavy atom. The molecule has 0 fully saturated rings. The van der Waals surface area contributed by atoms with Crippen LogP contribution in [0.2, 0.25) is 0 Å². The first-order valence-electron chi connectivity index (χ1n) is 6.15. The molecule has 6 N–H and O–H groups in total. The lowest BCUT2D eigenvalue weighted by Crippen LogP contribution is -2.04. The van der Waals surface area contributed by atoms with Gasteiger partial charge in [-0.2, -0.15) is 0 Å². The number of carbonyl (C=O) groups excluding carboxylic acids is 1. The highest BCUT2D eigenvalue weighted by Gasteiger charge is 1.93. The van der Waals surface area contributed by atoms with Crippen molar-refractivity contribution >= 4 is 5.78 Å². The van der Waals surface area contributed by atoms with E-state index >= 15 is 0 Å². The first kappa shape index (κ1) is 21.5. The summed E-state index contributed by atoms with van der Waals surface area (Å²) in [5, 5.41) is 40.3. The van der Waals surface area contributed by atoms with Crippen molar-refractivity contribution in [2.24, 2.45) is 0 Å². The average Bonchev–Trinajstić information content (AvgIpc) is 3.00. The summed E-state index contributed by atoms with van der Waals surface area (Å²) in [5.41, 5.74) is 0.979. The number of aliphatic hydroxyl groups excluding tert-OH is 5. The summed E-state index contributed by atoms with van der Waals surface area (Å²) in [6, 6.07) is 0. The lowest BCUT2D eigenvalue weighted by molar-refractivity contribution is -0.122. The molecule has 0 spiro atoms. The Kier molecular flexibility index (Phi) is 18.7. The molecule has 0 aliphatic heterocycles. The molecule has 8 heteroatoms. The van der Waals surface area contributed by atoms with Gasteiger partial charge in [-0.1, -0.05) is 11.8 Å². The van der Waals surface area contributed by atoms with Crippen LogP contribution in [0, 0.1) is 11.8 Å². The minimum Gasteiger partial charge on any atom is -0.396 e. The smallest absolute Gasteiger partial charge is 0.160 e. The lowest BCUT2D eigenvalue weighted by atomic mass is 10.3. The van der Waals surface area contributed by atoms with E-state index in [9.17, 15) is 4.79 Å². The van der Waals surface area contributed by atoms with Gasteiger partial charge in [0.05, 0.1) is 12.9 Å². The van der Waals surface area contributed by atoms with Gasteiger partial charge >= 0.3 is 0 Å². The largest absolute Gasteiger partial charge is 0.396 e.